The van der Waals surface area contributed by atoms with Gasteiger partial charge in [-0.1, -0.05) is 12.8 Å². The summed E-state index contributed by atoms with van der Waals surface area (Å²) in [6.07, 6.45) is 4.34. The highest BCUT2D eigenvalue weighted by molar-refractivity contribution is 5.98. The number of amides is 1. The molecule has 7 nitrogen and oxygen atoms in total. The van der Waals surface area contributed by atoms with Gasteiger partial charge in [-0.05, 0) is 18.4 Å². The maximum atomic E-state index is 11.8. The van der Waals surface area contributed by atoms with Crippen molar-refractivity contribution < 1.29 is 9.72 Å². The minimum absolute atomic E-state index is 0.0386. The summed E-state index contributed by atoms with van der Waals surface area (Å²) >= 11 is 0. The molecular weight excluding hydrogens is 236 g/mol. The molecule has 0 bridgehead atoms. The number of nitrogens with two attached hydrogens (primary N) is 1. The minimum atomic E-state index is -0.637. The van der Waals surface area contributed by atoms with Gasteiger partial charge in [-0.15, -0.1) is 0 Å². The largest absolute Gasteiger partial charge is 0.384 e. The molecule has 1 fully saturated rings. The van der Waals surface area contributed by atoms with Gasteiger partial charge in [0.25, 0.3) is 11.6 Å². The number of nitrogen functional groups attached to an aromatic ring is 1. The average Bonchev–Trinajstić information content (AvgIpc) is 3.12. The number of pyridine rings is 1. The summed E-state index contributed by atoms with van der Waals surface area (Å²) in [7, 11) is 0. The second-order valence-corrected chi connectivity index (χ2v) is 4.37. The third-order valence-electron chi connectivity index (χ3n) is 2.88. The zero-order valence-corrected chi connectivity index (χ0v) is 9.76. The standard InChI is InChI=1S/C11H14N4O3/c12-10-5-8(9(6-14-10)15(17)18)11(16)13-4-3-7-1-2-7/h5-7H,1-4H2,(H2,12,14)(H,13,16). The molecule has 3 N–H and O–H groups in total. The summed E-state index contributed by atoms with van der Waals surface area (Å²) in [5.74, 6) is 0.312. The molecule has 7 heteroatoms. The lowest BCUT2D eigenvalue weighted by molar-refractivity contribution is -0.385. The van der Waals surface area contributed by atoms with Gasteiger partial charge in [-0.3, -0.25) is 14.9 Å². The fraction of sp³-hybridized carbons (Fsp3) is 0.455. The molecule has 1 aliphatic carbocycles. The van der Waals surface area contributed by atoms with Gasteiger partial charge < -0.3 is 11.1 Å². The summed E-state index contributed by atoms with van der Waals surface area (Å²) in [6.45, 7) is 0.531. The van der Waals surface area contributed by atoms with Crippen LogP contribution in [0.5, 0.6) is 0 Å². The third kappa shape index (κ3) is 2.93. The van der Waals surface area contributed by atoms with Crippen molar-refractivity contribution in [3.05, 3.63) is 27.9 Å². The fourth-order valence-corrected chi connectivity index (χ4v) is 1.68. The fourth-order valence-electron chi connectivity index (χ4n) is 1.68. The van der Waals surface area contributed by atoms with Gasteiger partial charge in [-0.2, -0.15) is 0 Å². The van der Waals surface area contributed by atoms with E-state index >= 15 is 0 Å². The number of nitro groups is 1. The molecule has 1 saturated carbocycles. The molecule has 1 aliphatic rings. The Kier molecular flexibility index (Phi) is 3.40. The van der Waals surface area contributed by atoms with E-state index in [2.05, 4.69) is 10.3 Å². The van der Waals surface area contributed by atoms with Crippen LogP contribution in [-0.2, 0) is 0 Å². The van der Waals surface area contributed by atoms with Crippen molar-refractivity contribution in [2.75, 3.05) is 12.3 Å². The lowest BCUT2D eigenvalue weighted by Crippen LogP contribution is -2.25. The van der Waals surface area contributed by atoms with Crippen LogP contribution in [0.15, 0.2) is 12.3 Å². The van der Waals surface area contributed by atoms with E-state index < -0.39 is 10.8 Å². The van der Waals surface area contributed by atoms with Crippen LogP contribution in [0.3, 0.4) is 0 Å². The molecule has 0 aromatic carbocycles. The minimum Gasteiger partial charge on any atom is -0.384 e. The Bertz CT molecular complexity index is 485. The van der Waals surface area contributed by atoms with E-state index in [4.69, 9.17) is 5.73 Å². The molecule has 0 spiro atoms. The Labute approximate surface area is 104 Å². The Morgan fingerprint density at radius 2 is 2.33 bits per heavy atom. The van der Waals surface area contributed by atoms with Gasteiger partial charge in [0, 0.05) is 6.54 Å². The smallest absolute Gasteiger partial charge is 0.300 e. The van der Waals surface area contributed by atoms with E-state index in [0.717, 1.165) is 12.6 Å². The SMILES string of the molecule is Nc1cc(C(=O)NCCC2CC2)c([N+](=O)[O-])cn1. The molecule has 1 aromatic rings. The summed E-state index contributed by atoms with van der Waals surface area (Å²) in [5, 5.41) is 13.4. The maximum absolute atomic E-state index is 11.8. The second-order valence-electron chi connectivity index (χ2n) is 4.37. The zero-order valence-electron chi connectivity index (χ0n) is 9.76. The van der Waals surface area contributed by atoms with Crippen molar-refractivity contribution in [3.63, 3.8) is 0 Å². The third-order valence-corrected chi connectivity index (χ3v) is 2.88. The number of anilines is 1. The van der Waals surface area contributed by atoms with Crippen LogP contribution in [0.2, 0.25) is 0 Å². The lowest BCUT2D eigenvalue weighted by Gasteiger charge is -2.05. The quantitative estimate of drug-likeness (QED) is 0.600. The van der Waals surface area contributed by atoms with E-state index in [0.29, 0.717) is 12.5 Å². The molecule has 18 heavy (non-hydrogen) atoms. The molecular formula is C11H14N4O3. The first kappa shape index (κ1) is 12.3. The highest BCUT2D eigenvalue weighted by atomic mass is 16.6. The summed E-state index contributed by atoms with van der Waals surface area (Å²) in [5.41, 5.74) is 5.07. The first-order chi connectivity index (χ1) is 8.58. The van der Waals surface area contributed by atoms with Gasteiger partial charge in [0.2, 0.25) is 0 Å². The lowest BCUT2D eigenvalue weighted by atomic mass is 10.2. The predicted octanol–water partition coefficient (Wildman–Crippen LogP) is 1.10. The van der Waals surface area contributed by atoms with Gasteiger partial charge in [-0.25, -0.2) is 4.98 Å². The van der Waals surface area contributed by atoms with E-state index in [1.165, 1.54) is 18.9 Å². The highest BCUT2D eigenvalue weighted by Gasteiger charge is 2.23. The highest BCUT2D eigenvalue weighted by Crippen LogP contribution is 2.31. The Balaban J connectivity index is 2.06. The van der Waals surface area contributed by atoms with Crippen LogP contribution < -0.4 is 11.1 Å². The van der Waals surface area contributed by atoms with Crippen LogP contribution in [0.4, 0.5) is 11.5 Å². The van der Waals surface area contributed by atoms with E-state index in [1.54, 1.807) is 0 Å². The Morgan fingerprint density at radius 1 is 1.61 bits per heavy atom. The number of carbonyl (C=O) groups excluding carboxylic acids is 1. The van der Waals surface area contributed by atoms with Crippen LogP contribution in [0.1, 0.15) is 29.6 Å². The molecule has 0 radical (unpaired) electrons. The summed E-state index contributed by atoms with van der Waals surface area (Å²) < 4.78 is 0. The van der Waals surface area contributed by atoms with Crippen molar-refractivity contribution in [2.24, 2.45) is 5.92 Å². The van der Waals surface area contributed by atoms with Crippen molar-refractivity contribution >= 4 is 17.4 Å². The molecule has 0 unspecified atom stereocenters. The number of carbonyl (C=O) groups is 1. The monoisotopic (exact) mass is 250 g/mol. The van der Waals surface area contributed by atoms with Gasteiger partial charge in [0.15, 0.2) is 0 Å². The van der Waals surface area contributed by atoms with E-state index in [-0.39, 0.29) is 17.1 Å². The van der Waals surface area contributed by atoms with Gasteiger partial charge >= 0.3 is 0 Å². The molecule has 0 atom stereocenters. The number of aromatic nitrogens is 1. The van der Waals surface area contributed by atoms with Crippen LogP contribution in [-0.4, -0.2) is 22.4 Å². The van der Waals surface area contributed by atoms with Crippen molar-refractivity contribution in [3.8, 4) is 0 Å². The number of hydrogen-bond acceptors (Lipinski definition) is 5. The first-order valence-corrected chi connectivity index (χ1v) is 5.76. The van der Waals surface area contributed by atoms with Crippen LogP contribution >= 0.6 is 0 Å². The van der Waals surface area contributed by atoms with Gasteiger partial charge in [0.1, 0.15) is 17.6 Å². The first-order valence-electron chi connectivity index (χ1n) is 5.76. The molecule has 96 valence electrons. The van der Waals surface area contributed by atoms with Crippen LogP contribution in [0, 0.1) is 16.0 Å². The van der Waals surface area contributed by atoms with Crippen molar-refractivity contribution in [1.82, 2.24) is 10.3 Å². The summed E-state index contributed by atoms with van der Waals surface area (Å²) in [6, 6.07) is 1.23. The Morgan fingerprint density at radius 3 is 2.94 bits per heavy atom. The zero-order chi connectivity index (χ0) is 13.1. The molecule has 1 heterocycles. The average molecular weight is 250 g/mol. The van der Waals surface area contributed by atoms with E-state index in [1.807, 2.05) is 0 Å². The van der Waals surface area contributed by atoms with Gasteiger partial charge in [0.05, 0.1) is 4.92 Å². The molecule has 0 aliphatic heterocycles. The molecule has 0 saturated heterocycles. The maximum Gasteiger partial charge on any atom is 0.300 e. The molecule has 1 amide bonds. The van der Waals surface area contributed by atoms with Crippen molar-refractivity contribution in [1.29, 1.82) is 0 Å². The predicted molar refractivity (Wildman–Crippen MR) is 65.0 cm³/mol. The second kappa shape index (κ2) is 4.99. The molecule has 2 rings (SSSR count). The topological polar surface area (TPSA) is 111 Å². The molecule has 1 aromatic heterocycles. The number of hydrogen-bond donors (Lipinski definition) is 2. The Hall–Kier alpha value is -2.18. The summed E-state index contributed by atoms with van der Waals surface area (Å²) in [4.78, 5) is 25.6. The normalized spacial score (nSPS) is 14.2. The van der Waals surface area contributed by atoms with E-state index in [9.17, 15) is 14.9 Å². The number of nitrogens with one attached hydrogen (secondary N) is 1. The number of nitrogens with zero attached hydrogens (tertiary/aromatic N) is 2. The van der Waals surface area contributed by atoms with Crippen LogP contribution in [0.25, 0.3) is 0 Å². The number of rotatable bonds is 5. The van der Waals surface area contributed by atoms with Crippen molar-refractivity contribution in [2.45, 2.75) is 19.3 Å².